The molecule has 0 aliphatic heterocycles. The van der Waals surface area contributed by atoms with E-state index < -0.39 is 0 Å². The van der Waals surface area contributed by atoms with Crippen LogP contribution in [0.3, 0.4) is 0 Å². The lowest BCUT2D eigenvalue weighted by atomic mass is 10.1. The summed E-state index contributed by atoms with van der Waals surface area (Å²) < 4.78 is 13.2. The highest BCUT2D eigenvalue weighted by Gasteiger charge is 2.04. The van der Waals surface area contributed by atoms with Crippen LogP contribution in [0.1, 0.15) is 17.8 Å². The van der Waals surface area contributed by atoms with E-state index in [4.69, 9.17) is 5.11 Å². The summed E-state index contributed by atoms with van der Waals surface area (Å²) in [5, 5.41) is 8.78. The predicted molar refractivity (Wildman–Crippen MR) is 67.6 cm³/mol. The highest BCUT2D eigenvalue weighted by atomic mass is 19.1. The molecule has 0 aliphatic rings. The molecule has 1 aromatic carbocycles. The molecule has 1 heterocycles. The Hall–Kier alpha value is -1.81. The van der Waals surface area contributed by atoms with Gasteiger partial charge in [-0.05, 0) is 43.2 Å². The van der Waals surface area contributed by atoms with Crippen LogP contribution in [0.4, 0.5) is 4.39 Å². The molecule has 2 aromatic rings. The SMILES string of the molecule is Cc1cc(-c2ccnc(CCCO)n2)ccc1F. The van der Waals surface area contributed by atoms with Gasteiger partial charge in [-0.15, -0.1) is 0 Å². The first-order chi connectivity index (χ1) is 8.70. The maximum Gasteiger partial charge on any atom is 0.129 e. The summed E-state index contributed by atoms with van der Waals surface area (Å²) in [5.41, 5.74) is 2.26. The minimum atomic E-state index is -0.215. The largest absolute Gasteiger partial charge is 0.396 e. The molecular formula is C14H15FN2O. The lowest BCUT2D eigenvalue weighted by molar-refractivity contribution is 0.287. The summed E-state index contributed by atoms with van der Waals surface area (Å²) in [6.45, 7) is 1.86. The molecule has 3 nitrogen and oxygen atoms in total. The topological polar surface area (TPSA) is 46.0 Å². The molecule has 4 heteroatoms. The van der Waals surface area contributed by atoms with Gasteiger partial charge in [0.15, 0.2) is 0 Å². The third-order valence-corrected chi connectivity index (χ3v) is 2.72. The van der Waals surface area contributed by atoms with Crippen molar-refractivity contribution in [1.29, 1.82) is 0 Å². The molecule has 1 N–H and O–H groups in total. The van der Waals surface area contributed by atoms with Crippen molar-refractivity contribution >= 4 is 0 Å². The van der Waals surface area contributed by atoms with Crippen LogP contribution in [0.2, 0.25) is 0 Å². The van der Waals surface area contributed by atoms with Crippen LogP contribution in [0.5, 0.6) is 0 Å². The van der Waals surface area contributed by atoms with Crippen molar-refractivity contribution in [3.8, 4) is 11.3 Å². The van der Waals surface area contributed by atoms with E-state index in [0.29, 0.717) is 24.2 Å². The van der Waals surface area contributed by atoms with Crippen LogP contribution in [0, 0.1) is 12.7 Å². The first-order valence-electron chi connectivity index (χ1n) is 5.90. The van der Waals surface area contributed by atoms with Gasteiger partial charge in [0, 0.05) is 24.8 Å². The Kier molecular flexibility index (Phi) is 3.99. The van der Waals surface area contributed by atoms with E-state index in [1.54, 1.807) is 31.3 Å². The molecule has 0 spiro atoms. The van der Waals surface area contributed by atoms with E-state index >= 15 is 0 Å². The van der Waals surface area contributed by atoms with Crippen LogP contribution < -0.4 is 0 Å². The smallest absolute Gasteiger partial charge is 0.129 e. The number of hydrogen-bond acceptors (Lipinski definition) is 3. The van der Waals surface area contributed by atoms with E-state index in [2.05, 4.69) is 9.97 Å². The van der Waals surface area contributed by atoms with E-state index in [9.17, 15) is 4.39 Å². The average molecular weight is 246 g/mol. The number of aromatic nitrogens is 2. The Morgan fingerprint density at radius 2 is 2.11 bits per heavy atom. The second-order valence-electron chi connectivity index (χ2n) is 4.15. The van der Waals surface area contributed by atoms with Gasteiger partial charge in [0.1, 0.15) is 11.6 Å². The molecule has 0 saturated heterocycles. The fourth-order valence-corrected chi connectivity index (χ4v) is 1.72. The number of rotatable bonds is 4. The number of aliphatic hydroxyl groups excluding tert-OH is 1. The van der Waals surface area contributed by atoms with Crippen molar-refractivity contribution < 1.29 is 9.50 Å². The monoisotopic (exact) mass is 246 g/mol. The predicted octanol–water partition coefficient (Wildman–Crippen LogP) is 2.52. The quantitative estimate of drug-likeness (QED) is 0.901. The lowest BCUT2D eigenvalue weighted by Gasteiger charge is -2.05. The first kappa shape index (κ1) is 12.6. The van der Waals surface area contributed by atoms with Gasteiger partial charge in [0.25, 0.3) is 0 Å². The van der Waals surface area contributed by atoms with E-state index in [0.717, 1.165) is 11.3 Å². The van der Waals surface area contributed by atoms with Crippen LogP contribution in [-0.2, 0) is 6.42 Å². The Balaban J connectivity index is 2.29. The summed E-state index contributed by atoms with van der Waals surface area (Å²) in [5.74, 6) is 0.483. The molecule has 0 unspecified atom stereocenters. The van der Waals surface area contributed by atoms with Crippen LogP contribution in [0.15, 0.2) is 30.5 Å². The van der Waals surface area contributed by atoms with Gasteiger partial charge in [0.05, 0.1) is 5.69 Å². The number of aryl methyl sites for hydroxylation is 2. The zero-order valence-corrected chi connectivity index (χ0v) is 10.2. The van der Waals surface area contributed by atoms with Gasteiger partial charge in [-0.2, -0.15) is 0 Å². The molecule has 0 aliphatic carbocycles. The van der Waals surface area contributed by atoms with E-state index in [1.807, 2.05) is 0 Å². The van der Waals surface area contributed by atoms with Gasteiger partial charge < -0.3 is 5.11 Å². The zero-order chi connectivity index (χ0) is 13.0. The number of benzene rings is 1. The van der Waals surface area contributed by atoms with Crippen LogP contribution in [0.25, 0.3) is 11.3 Å². The Bertz CT molecular complexity index is 543. The maximum atomic E-state index is 13.2. The summed E-state index contributed by atoms with van der Waals surface area (Å²) in [6, 6.07) is 6.73. The second-order valence-corrected chi connectivity index (χ2v) is 4.15. The molecule has 18 heavy (non-hydrogen) atoms. The van der Waals surface area contributed by atoms with E-state index in [-0.39, 0.29) is 12.4 Å². The van der Waals surface area contributed by atoms with Gasteiger partial charge >= 0.3 is 0 Å². The van der Waals surface area contributed by atoms with E-state index in [1.165, 1.54) is 6.07 Å². The third-order valence-electron chi connectivity index (χ3n) is 2.72. The molecule has 0 fully saturated rings. The Labute approximate surface area is 105 Å². The average Bonchev–Trinajstić information content (AvgIpc) is 2.40. The molecule has 2 rings (SSSR count). The summed E-state index contributed by atoms with van der Waals surface area (Å²) in [7, 11) is 0. The summed E-state index contributed by atoms with van der Waals surface area (Å²) >= 11 is 0. The number of halogens is 1. The molecule has 0 atom stereocenters. The number of nitrogens with zero attached hydrogens (tertiary/aromatic N) is 2. The minimum absolute atomic E-state index is 0.128. The van der Waals surface area contributed by atoms with Crippen molar-refractivity contribution in [2.24, 2.45) is 0 Å². The highest BCUT2D eigenvalue weighted by Crippen LogP contribution is 2.19. The van der Waals surface area contributed by atoms with Crippen molar-refractivity contribution in [2.75, 3.05) is 6.61 Å². The van der Waals surface area contributed by atoms with Gasteiger partial charge in [0.2, 0.25) is 0 Å². The first-order valence-corrected chi connectivity index (χ1v) is 5.90. The van der Waals surface area contributed by atoms with Gasteiger partial charge in [-0.1, -0.05) is 0 Å². The van der Waals surface area contributed by atoms with Crippen molar-refractivity contribution in [2.45, 2.75) is 19.8 Å². The molecule has 0 bridgehead atoms. The molecular weight excluding hydrogens is 231 g/mol. The van der Waals surface area contributed by atoms with Crippen molar-refractivity contribution in [3.63, 3.8) is 0 Å². The van der Waals surface area contributed by atoms with Crippen molar-refractivity contribution in [1.82, 2.24) is 9.97 Å². The molecule has 1 aromatic heterocycles. The normalized spacial score (nSPS) is 10.6. The standard InChI is InChI=1S/C14H15FN2O/c1-10-9-11(4-5-12(10)15)13-6-7-16-14(17-13)3-2-8-18/h4-7,9,18H,2-3,8H2,1H3. The summed E-state index contributed by atoms with van der Waals surface area (Å²) in [6.07, 6.45) is 2.98. The van der Waals surface area contributed by atoms with Gasteiger partial charge in [-0.3, -0.25) is 0 Å². The fourth-order valence-electron chi connectivity index (χ4n) is 1.72. The molecule has 94 valence electrons. The lowest BCUT2D eigenvalue weighted by Crippen LogP contribution is -1.98. The second kappa shape index (κ2) is 5.69. The fraction of sp³-hybridized carbons (Fsp3) is 0.286. The minimum Gasteiger partial charge on any atom is -0.396 e. The molecule has 0 amide bonds. The Morgan fingerprint density at radius 3 is 2.83 bits per heavy atom. The molecule has 0 saturated carbocycles. The van der Waals surface area contributed by atoms with Gasteiger partial charge in [-0.25, -0.2) is 14.4 Å². The van der Waals surface area contributed by atoms with Crippen molar-refractivity contribution in [3.05, 3.63) is 47.7 Å². The highest BCUT2D eigenvalue weighted by molar-refractivity contribution is 5.59. The molecule has 0 radical (unpaired) electrons. The van der Waals surface area contributed by atoms with Crippen LogP contribution >= 0.6 is 0 Å². The Morgan fingerprint density at radius 1 is 1.28 bits per heavy atom. The van der Waals surface area contributed by atoms with Crippen LogP contribution in [-0.4, -0.2) is 21.7 Å². The summed E-state index contributed by atoms with van der Waals surface area (Å²) in [4.78, 5) is 8.55. The number of aliphatic hydroxyl groups is 1. The maximum absolute atomic E-state index is 13.2. The number of hydrogen-bond donors (Lipinski definition) is 1. The zero-order valence-electron chi connectivity index (χ0n) is 10.2. The third kappa shape index (κ3) is 2.90.